The third-order valence-corrected chi connectivity index (χ3v) is 9.12. The first-order valence-corrected chi connectivity index (χ1v) is 14.0. The summed E-state index contributed by atoms with van der Waals surface area (Å²) >= 11 is 1.84. The predicted molar refractivity (Wildman–Crippen MR) is 166 cm³/mol. The lowest BCUT2D eigenvalue weighted by Crippen LogP contribution is -1.96. The van der Waals surface area contributed by atoms with E-state index in [0.29, 0.717) is 0 Å². The number of hydrogen-bond donors (Lipinski definition) is 0. The van der Waals surface area contributed by atoms with Crippen LogP contribution in [-0.4, -0.2) is 14.1 Å². The van der Waals surface area contributed by atoms with E-state index in [9.17, 15) is 0 Å². The van der Waals surface area contributed by atoms with Crippen molar-refractivity contribution in [1.82, 2.24) is 14.1 Å². The molecule has 0 aliphatic carbocycles. The number of aromatic nitrogens is 3. The summed E-state index contributed by atoms with van der Waals surface area (Å²) in [6.07, 6.45) is 2.06. The average molecular weight is 516 g/mol. The molecule has 0 aliphatic heterocycles. The second-order valence-corrected chi connectivity index (χ2v) is 11.1. The summed E-state index contributed by atoms with van der Waals surface area (Å²) in [5, 5.41) is 6.15. The number of pyridine rings is 1. The van der Waals surface area contributed by atoms with E-state index in [1.165, 1.54) is 64.1 Å². The predicted octanol–water partition coefficient (Wildman–Crippen LogP) is 9.64. The Morgan fingerprint density at radius 1 is 0.487 bits per heavy atom. The Labute approximate surface area is 227 Å². The van der Waals surface area contributed by atoms with Crippen LogP contribution in [0.1, 0.15) is 0 Å². The molecule has 4 aromatic heterocycles. The number of thiophene rings is 1. The fourth-order valence-electron chi connectivity index (χ4n) is 6.29. The Morgan fingerprint density at radius 3 is 1.95 bits per heavy atom. The van der Waals surface area contributed by atoms with Crippen LogP contribution in [0.4, 0.5) is 0 Å². The second-order valence-electron chi connectivity index (χ2n) is 10.0. The number of benzene rings is 5. The quantitative estimate of drug-likeness (QED) is 0.225. The first-order valence-electron chi connectivity index (χ1n) is 13.2. The molecule has 0 amide bonds. The molecule has 0 bridgehead atoms. The number of hydrogen-bond acceptors (Lipinski definition) is 2. The van der Waals surface area contributed by atoms with Crippen molar-refractivity contribution in [2.24, 2.45) is 0 Å². The summed E-state index contributed by atoms with van der Waals surface area (Å²) in [7, 11) is 0. The monoisotopic (exact) mass is 515 g/mol. The maximum Gasteiger partial charge on any atom is 0.0910 e. The molecule has 0 atom stereocenters. The Hall–Kier alpha value is -4.93. The number of para-hydroxylation sites is 3. The van der Waals surface area contributed by atoms with E-state index in [-0.39, 0.29) is 0 Å². The number of rotatable bonds is 2. The molecule has 0 spiro atoms. The van der Waals surface area contributed by atoms with Gasteiger partial charge in [-0.15, -0.1) is 11.3 Å². The van der Waals surface area contributed by atoms with E-state index in [0.717, 1.165) is 11.2 Å². The van der Waals surface area contributed by atoms with Crippen molar-refractivity contribution in [2.75, 3.05) is 0 Å². The van der Waals surface area contributed by atoms with Crippen LogP contribution in [0.25, 0.3) is 75.3 Å². The maximum atomic E-state index is 4.98. The minimum atomic E-state index is 1.08. The van der Waals surface area contributed by atoms with E-state index >= 15 is 0 Å². The molecule has 0 saturated carbocycles. The smallest absolute Gasteiger partial charge is 0.0910 e. The van der Waals surface area contributed by atoms with Gasteiger partial charge in [0.15, 0.2) is 0 Å². The highest BCUT2D eigenvalue weighted by Crippen LogP contribution is 2.42. The van der Waals surface area contributed by atoms with Crippen molar-refractivity contribution in [3.63, 3.8) is 0 Å². The van der Waals surface area contributed by atoms with Crippen molar-refractivity contribution < 1.29 is 0 Å². The van der Waals surface area contributed by atoms with E-state index < -0.39 is 0 Å². The van der Waals surface area contributed by atoms with Gasteiger partial charge in [-0.3, -0.25) is 4.98 Å². The summed E-state index contributed by atoms with van der Waals surface area (Å²) in [5.74, 6) is 0. The lowest BCUT2D eigenvalue weighted by atomic mass is 10.1. The molecule has 9 aromatic rings. The van der Waals surface area contributed by atoms with Gasteiger partial charge in [0, 0.05) is 49.2 Å². The van der Waals surface area contributed by atoms with Gasteiger partial charge < -0.3 is 9.13 Å². The Bertz CT molecular complexity index is 2390. The maximum absolute atomic E-state index is 4.98. The zero-order chi connectivity index (χ0) is 25.5. The topological polar surface area (TPSA) is 22.8 Å². The SMILES string of the molecule is c1ccc(-n2c3ccccc3c3cc(-n4c5ccccc5c5cnc6c7ccccc7sc6c54)ccc32)cc1. The summed E-state index contributed by atoms with van der Waals surface area (Å²) in [6, 6.07) is 43.6. The van der Waals surface area contributed by atoms with Crippen LogP contribution in [0.15, 0.2) is 128 Å². The zero-order valence-electron chi connectivity index (χ0n) is 20.9. The van der Waals surface area contributed by atoms with Gasteiger partial charge >= 0.3 is 0 Å². The van der Waals surface area contributed by atoms with Crippen LogP contribution in [0, 0.1) is 0 Å². The van der Waals surface area contributed by atoms with E-state index in [4.69, 9.17) is 4.98 Å². The molecule has 0 radical (unpaired) electrons. The minimum Gasteiger partial charge on any atom is -0.309 e. The molecule has 39 heavy (non-hydrogen) atoms. The molecule has 3 nitrogen and oxygen atoms in total. The average Bonchev–Trinajstić information content (AvgIpc) is 3.65. The standard InChI is InChI=1S/C35H21N3S/c1-2-10-22(11-3-1)37-29-15-7-4-12-24(29)27-20-23(18-19-31(27)37)38-30-16-8-5-13-25(30)28-21-36-33-26-14-6-9-17-32(26)39-35(33)34(28)38/h1-21H. The number of nitrogens with zero attached hydrogens (tertiary/aromatic N) is 3. The normalized spacial score (nSPS) is 12.1. The van der Waals surface area contributed by atoms with Gasteiger partial charge in [0.1, 0.15) is 0 Å². The molecule has 4 heterocycles. The highest BCUT2D eigenvalue weighted by Gasteiger charge is 2.20. The highest BCUT2D eigenvalue weighted by atomic mass is 32.1. The summed E-state index contributed by atoms with van der Waals surface area (Å²) in [5.41, 5.74) is 8.27. The van der Waals surface area contributed by atoms with Crippen molar-refractivity contribution in [1.29, 1.82) is 0 Å². The van der Waals surface area contributed by atoms with Gasteiger partial charge in [-0.1, -0.05) is 72.8 Å². The van der Waals surface area contributed by atoms with Gasteiger partial charge in [-0.2, -0.15) is 0 Å². The molecule has 0 N–H and O–H groups in total. The van der Waals surface area contributed by atoms with E-state index in [2.05, 4.69) is 137 Å². The van der Waals surface area contributed by atoms with Crippen LogP contribution in [0.5, 0.6) is 0 Å². The van der Waals surface area contributed by atoms with E-state index in [1.807, 2.05) is 11.3 Å². The molecule has 4 heteroatoms. The van der Waals surface area contributed by atoms with Crippen molar-refractivity contribution >= 4 is 75.3 Å². The molecule has 0 aliphatic rings. The first kappa shape index (κ1) is 21.1. The van der Waals surface area contributed by atoms with Gasteiger partial charge in [-0.25, -0.2) is 0 Å². The van der Waals surface area contributed by atoms with Crippen LogP contribution < -0.4 is 0 Å². The molecule has 5 aromatic carbocycles. The molecule has 9 rings (SSSR count). The summed E-state index contributed by atoms with van der Waals surface area (Å²) < 4.78 is 7.31. The fraction of sp³-hybridized carbons (Fsp3) is 0. The van der Waals surface area contributed by atoms with E-state index in [1.54, 1.807) is 0 Å². The third-order valence-electron chi connectivity index (χ3n) is 7.95. The Morgan fingerprint density at radius 2 is 1.13 bits per heavy atom. The fourth-order valence-corrected chi connectivity index (χ4v) is 7.49. The van der Waals surface area contributed by atoms with Gasteiger partial charge in [-0.05, 0) is 48.5 Å². The van der Waals surface area contributed by atoms with Crippen LogP contribution in [0.3, 0.4) is 0 Å². The summed E-state index contributed by atoms with van der Waals surface area (Å²) in [6.45, 7) is 0. The highest BCUT2D eigenvalue weighted by molar-refractivity contribution is 7.26. The Balaban J connectivity index is 1.43. The molecular weight excluding hydrogens is 494 g/mol. The van der Waals surface area contributed by atoms with Gasteiger partial charge in [0.25, 0.3) is 0 Å². The molecule has 182 valence electrons. The molecule has 0 saturated heterocycles. The van der Waals surface area contributed by atoms with Crippen LogP contribution >= 0.6 is 11.3 Å². The van der Waals surface area contributed by atoms with Crippen molar-refractivity contribution in [2.45, 2.75) is 0 Å². The van der Waals surface area contributed by atoms with Crippen molar-refractivity contribution in [3.8, 4) is 11.4 Å². The van der Waals surface area contributed by atoms with Gasteiger partial charge in [0.2, 0.25) is 0 Å². The zero-order valence-corrected chi connectivity index (χ0v) is 21.7. The molecule has 0 unspecified atom stereocenters. The second kappa shape index (κ2) is 7.79. The third kappa shape index (κ3) is 2.84. The molecule has 0 fully saturated rings. The minimum absolute atomic E-state index is 1.08. The Kier molecular flexibility index (Phi) is 4.21. The van der Waals surface area contributed by atoms with Crippen LogP contribution in [0.2, 0.25) is 0 Å². The summed E-state index contributed by atoms with van der Waals surface area (Å²) in [4.78, 5) is 4.98. The van der Waals surface area contributed by atoms with Crippen LogP contribution in [-0.2, 0) is 0 Å². The van der Waals surface area contributed by atoms with Gasteiger partial charge in [0.05, 0.1) is 32.3 Å². The largest absolute Gasteiger partial charge is 0.309 e. The molecular formula is C35H21N3S. The lowest BCUT2D eigenvalue weighted by Gasteiger charge is -2.10. The van der Waals surface area contributed by atoms with Crippen molar-refractivity contribution in [3.05, 3.63) is 128 Å². The first-order chi connectivity index (χ1) is 19.4. The lowest BCUT2D eigenvalue weighted by molar-refractivity contribution is 1.17. The number of fused-ring (bicyclic) bond motifs is 10.